The van der Waals surface area contributed by atoms with Gasteiger partial charge in [-0.05, 0) is 65.5 Å². The smallest absolute Gasteiger partial charge is 0.0561 e. The summed E-state index contributed by atoms with van der Waals surface area (Å²) in [6.45, 7) is 0. The van der Waals surface area contributed by atoms with Gasteiger partial charge in [-0.25, -0.2) is 0 Å². The first-order chi connectivity index (χ1) is 24.3. The Morgan fingerprint density at radius 2 is 1.02 bits per heavy atom. The lowest BCUT2D eigenvalue weighted by molar-refractivity contribution is 1.18. The van der Waals surface area contributed by atoms with Gasteiger partial charge in [0.25, 0.3) is 0 Å². The van der Waals surface area contributed by atoms with Gasteiger partial charge in [-0.2, -0.15) is 0 Å². The maximum absolute atomic E-state index is 2.48. The molecule has 0 saturated heterocycles. The fourth-order valence-corrected chi connectivity index (χ4v) is 8.67. The maximum atomic E-state index is 2.48. The molecule has 0 fully saturated rings. The van der Waals surface area contributed by atoms with Crippen LogP contribution >= 0.6 is 11.3 Å². The molecule has 2 heterocycles. The molecule has 3 heteroatoms. The van der Waals surface area contributed by atoms with Gasteiger partial charge in [0, 0.05) is 53.3 Å². The van der Waals surface area contributed by atoms with Crippen LogP contribution in [0.3, 0.4) is 0 Å². The van der Waals surface area contributed by atoms with Gasteiger partial charge >= 0.3 is 0 Å². The van der Waals surface area contributed by atoms with Crippen molar-refractivity contribution < 1.29 is 0 Å². The highest BCUT2D eigenvalue weighted by Gasteiger charge is 2.22. The lowest BCUT2D eigenvalue weighted by Crippen LogP contribution is -2.12. The minimum absolute atomic E-state index is 1.13. The van der Waals surface area contributed by atoms with Gasteiger partial charge in [0.05, 0.1) is 22.4 Å². The SMILES string of the molecule is c1ccc(-c2ccccc2N(c2ccc3sc4ccccc4c3c2)c2cc(-n3c4ccccc4c4ccccc43)cc3ccccc23)cc1. The van der Waals surface area contributed by atoms with Crippen LogP contribution in [0.2, 0.25) is 0 Å². The van der Waals surface area contributed by atoms with Gasteiger partial charge in [-0.15, -0.1) is 11.3 Å². The second-order valence-electron chi connectivity index (χ2n) is 12.6. The van der Waals surface area contributed by atoms with E-state index in [1.807, 2.05) is 11.3 Å². The van der Waals surface area contributed by atoms with Gasteiger partial charge in [0.2, 0.25) is 0 Å². The third kappa shape index (κ3) is 4.47. The minimum atomic E-state index is 1.13. The molecule has 0 aliphatic rings. The van der Waals surface area contributed by atoms with E-state index in [1.54, 1.807) is 0 Å². The summed E-state index contributed by atoms with van der Waals surface area (Å²) in [6.07, 6.45) is 0. The standard InChI is InChI=1S/C46H30N2S/c1-2-14-31(15-3-1)35-17-6-10-22-41(35)47(33-26-27-46-40(29-33)39-21-9-13-25-45(39)49-46)44-30-34(28-32-16-4-5-18-36(32)44)48-42-23-11-7-19-37(42)38-20-8-12-24-43(38)48/h1-30H. The summed E-state index contributed by atoms with van der Waals surface area (Å²) in [6, 6.07) is 66.3. The molecule has 0 atom stereocenters. The van der Waals surface area contributed by atoms with Crippen LogP contribution in [-0.2, 0) is 0 Å². The Morgan fingerprint density at radius 3 is 1.82 bits per heavy atom. The van der Waals surface area contributed by atoms with Crippen molar-refractivity contribution in [2.75, 3.05) is 4.90 Å². The summed E-state index contributed by atoms with van der Waals surface area (Å²) >= 11 is 1.86. The zero-order chi connectivity index (χ0) is 32.3. The number of nitrogens with zero attached hydrogens (tertiary/aromatic N) is 2. The average molecular weight is 643 g/mol. The largest absolute Gasteiger partial charge is 0.309 e. The Bertz CT molecular complexity index is 2790. The molecule has 0 unspecified atom stereocenters. The highest BCUT2D eigenvalue weighted by molar-refractivity contribution is 7.25. The van der Waals surface area contributed by atoms with E-state index in [-0.39, 0.29) is 0 Å². The molecule has 0 amide bonds. The lowest BCUT2D eigenvalue weighted by atomic mass is 10.00. The molecule has 0 saturated carbocycles. The van der Waals surface area contributed by atoms with E-state index in [0.717, 1.165) is 22.7 Å². The molecule has 0 spiro atoms. The number of hydrogen-bond donors (Lipinski definition) is 0. The molecule has 0 bridgehead atoms. The highest BCUT2D eigenvalue weighted by Crippen LogP contribution is 2.47. The van der Waals surface area contributed by atoms with Crippen LogP contribution < -0.4 is 4.90 Å². The molecule has 2 nitrogen and oxygen atoms in total. The molecule has 0 radical (unpaired) electrons. The van der Waals surface area contributed by atoms with Crippen LogP contribution in [0.25, 0.3) is 69.6 Å². The number of hydrogen-bond acceptors (Lipinski definition) is 2. The van der Waals surface area contributed by atoms with E-state index in [1.165, 1.54) is 63.9 Å². The first-order valence-electron chi connectivity index (χ1n) is 16.7. The summed E-state index contributed by atoms with van der Waals surface area (Å²) in [5.74, 6) is 0. The fourth-order valence-electron chi connectivity index (χ4n) is 7.58. The van der Waals surface area contributed by atoms with Crippen LogP contribution in [-0.4, -0.2) is 4.57 Å². The zero-order valence-electron chi connectivity index (χ0n) is 26.6. The van der Waals surface area contributed by atoms with Crippen LogP contribution in [0.4, 0.5) is 17.1 Å². The molecule has 2 aromatic heterocycles. The monoisotopic (exact) mass is 642 g/mol. The Hall–Kier alpha value is -6.16. The Kier molecular flexibility index (Phi) is 6.39. The molecule has 0 aliphatic carbocycles. The molecule has 10 rings (SSSR count). The van der Waals surface area contributed by atoms with Crippen molar-refractivity contribution in [3.63, 3.8) is 0 Å². The summed E-state index contributed by atoms with van der Waals surface area (Å²) < 4.78 is 5.03. The van der Waals surface area contributed by atoms with Gasteiger partial charge < -0.3 is 9.47 Å². The number of anilines is 3. The van der Waals surface area contributed by atoms with Crippen molar-refractivity contribution in [1.82, 2.24) is 4.57 Å². The lowest BCUT2D eigenvalue weighted by Gasteiger charge is -2.30. The zero-order valence-corrected chi connectivity index (χ0v) is 27.4. The van der Waals surface area contributed by atoms with E-state index in [2.05, 4.69) is 191 Å². The summed E-state index contributed by atoms with van der Waals surface area (Å²) in [5.41, 5.74) is 9.31. The van der Waals surface area contributed by atoms with Crippen molar-refractivity contribution in [3.8, 4) is 16.8 Å². The maximum Gasteiger partial charge on any atom is 0.0561 e. The first kappa shape index (κ1) is 27.9. The predicted molar refractivity (Wildman–Crippen MR) is 211 cm³/mol. The predicted octanol–water partition coefficient (Wildman–Crippen LogP) is 13.4. The molecule has 8 aromatic carbocycles. The van der Waals surface area contributed by atoms with Crippen molar-refractivity contribution in [2.45, 2.75) is 0 Å². The second-order valence-corrected chi connectivity index (χ2v) is 13.6. The van der Waals surface area contributed by atoms with E-state index in [9.17, 15) is 0 Å². The van der Waals surface area contributed by atoms with Gasteiger partial charge in [-0.3, -0.25) is 0 Å². The second kappa shape index (κ2) is 11.2. The molecule has 0 N–H and O–H groups in total. The Morgan fingerprint density at radius 1 is 0.408 bits per heavy atom. The number of benzene rings is 8. The Labute approximate surface area is 288 Å². The third-order valence-electron chi connectivity index (χ3n) is 9.75. The number of aromatic nitrogens is 1. The van der Waals surface area contributed by atoms with Crippen LogP contribution in [0.1, 0.15) is 0 Å². The number of rotatable bonds is 5. The average Bonchev–Trinajstić information content (AvgIpc) is 3.71. The fraction of sp³-hybridized carbons (Fsp3) is 0. The topological polar surface area (TPSA) is 8.17 Å². The van der Waals surface area contributed by atoms with E-state index < -0.39 is 0 Å². The van der Waals surface area contributed by atoms with E-state index >= 15 is 0 Å². The normalized spacial score (nSPS) is 11.7. The summed E-state index contributed by atoms with van der Waals surface area (Å²) in [5, 5.41) is 7.49. The molecular formula is C46H30N2S. The summed E-state index contributed by atoms with van der Waals surface area (Å²) in [7, 11) is 0. The van der Waals surface area contributed by atoms with Crippen LogP contribution in [0, 0.1) is 0 Å². The molecule has 49 heavy (non-hydrogen) atoms. The number of thiophene rings is 1. The number of fused-ring (bicyclic) bond motifs is 7. The Balaban J connectivity index is 1.31. The van der Waals surface area contributed by atoms with Crippen LogP contribution in [0.15, 0.2) is 182 Å². The van der Waals surface area contributed by atoms with Gasteiger partial charge in [0.15, 0.2) is 0 Å². The minimum Gasteiger partial charge on any atom is -0.309 e. The highest BCUT2D eigenvalue weighted by atomic mass is 32.1. The van der Waals surface area contributed by atoms with Crippen molar-refractivity contribution in [2.24, 2.45) is 0 Å². The molecular weight excluding hydrogens is 613 g/mol. The van der Waals surface area contributed by atoms with Crippen molar-refractivity contribution in [1.29, 1.82) is 0 Å². The molecule has 230 valence electrons. The quantitative estimate of drug-likeness (QED) is 0.181. The van der Waals surface area contributed by atoms with E-state index in [0.29, 0.717) is 0 Å². The van der Waals surface area contributed by atoms with Gasteiger partial charge in [-0.1, -0.05) is 127 Å². The van der Waals surface area contributed by atoms with Crippen LogP contribution in [0.5, 0.6) is 0 Å². The van der Waals surface area contributed by atoms with Crippen molar-refractivity contribution in [3.05, 3.63) is 182 Å². The van der Waals surface area contributed by atoms with Crippen molar-refractivity contribution >= 4 is 81.1 Å². The molecule has 10 aromatic rings. The summed E-state index contributed by atoms with van der Waals surface area (Å²) in [4.78, 5) is 2.48. The van der Waals surface area contributed by atoms with Gasteiger partial charge in [0.1, 0.15) is 0 Å². The number of para-hydroxylation sites is 3. The third-order valence-corrected chi connectivity index (χ3v) is 10.9. The van der Waals surface area contributed by atoms with E-state index in [4.69, 9.17) is 0 Å². The molecule has 0 aliphatic heterocycles. The first-order valence-corrected chi connectivity index (χ1v) is 17.5.